The Morgan fingerprint density at radius 3 is 1.20 bits per heavy atom. The van der Waals surface area contributed by atoms with Gasteiger partial charge in [0.2, 0.25) is 0 Å². The molecule has 0 aliphatic rings. The second-order valence-corrected chi connectivity index (χ2v) is 14.3. The fraction of sp³-hybridized carbons (Fsp3) is 0. The molecule has 16 nitrogen and oxygen atoms in total. The number of phenols is 2. The minimum absolute atomic E-state index is 0.00384. The molecule has 8 N–H and O–H groups in total. The number of phenolic OH excluding ortho intramolecular Hbond substituents is 2. The lowest BCUT2D eigenvalue weighted by molar-refractivity contribution is -0.132. The highest BCUT2D eigenvalue weighted by atomic mass is 32.2. The summed E-state index contributed by atoms with van der Waals surface area (Å²) in [5.41, 5.74) is -0.756. The summed E-state index contributed by atoms with van der Waals surface area (Å²) in [6.45, 7) is 0. The van der Waals surface area contributed by atoms with Crippen LogP contribution in [0, 0.1) is 0 Å². The van der Waals surface area contributed by atoms with Gasteiger partial charge in [-0.1, -0.05) is 60.7 Å². The van der Waals surface area contributed by atoms with Crippen LogP contribution < -0.4 is 21.3 Å². The zero-order chi connectivity index (χ0) is 38.9. The van der Waals surface area contributed by atoms with Crippen molar-refractivity contribution < 1.29 is 55.3 Å². The Balaban J connectivity index is 1.16. The molecule has 0 aliphatic carbocycles. The number of anilines is 4. The van der Waals surface area contributed by atoms with Crippen molar-refractivity contribution in [2.75, 3.05) is 21.3 Å². The normalized spacial score (nSPS) is 11.5. The van der Waals surface area contributed by atoms with E-state index in [1.54, 1.807) is 24.3 Å². The molecule has 0 saturated carbocycles. The summed E-state index contributed by atoms with van der Waals surface area (Å²) in [5.74, 6) is -5.83. The maximum Gasteiger partial charge on any atom is 0.314 e. The predicted octanol–water partition coefficient (Wildman–Crippen LogP) is 4.98. The molecular formula is C36H26N4O12S2. The maximum absolute atomic E-state index is 13.2. The monoisotopic (exact) mass is 770 g/mol. The minimum atomic E-state index is -4.88. The second kappa shape index (κ2) is 14.3. The van der Waals surface area contributed by atoms with Gasteiger partial charge in [-0.2, -0.15) is 16.8 Å². The van der Waals surface area contributed by atoms with E-state index in [-0.39, 0.29) is 55.4 Å². The number of hydrogen-bond donors (Lipinski definition) is 8. The first-order valence-corrected chi connectivity index (χ1v) is 18.3. The lowest BCUT2D eigenvalue weighted by atomic mass is 10.1. The first-order chi connectivity index (χ1) is 25.5. The van der Waals surface area contributed by atoms with Gasteiger partial charge in [-0.3, -0.25) is 28.3 Å². The Morgan fingerprint density at radius 2 is 0.833 bits per heavy atom. The van der Waals surface area contributed by atoms with Crippen LogP contribution in [-0.2, 0) is 29.8 Å². The van der Waals surface area contributed by atoms with Crippen LogP contribution in [-0.4, -0.2) is 59.8 Å². The Labute approximate surface area is 305 Å². The van der Waals surface area contributed by atoms with Gasteiger partial charge in [-0.25, -0.2) is 0 Å². The van der Waals surface area contributed by atoms with Crippen LogP contribution in [0.5, 0.6) is 11.5 Å². The van der Waals surface area contributed by atoms with E-state index in [1.165, 1.54) is 72.8 Å². The molecule has 6 rings (SSSR count). The minimum Gasteiger partial charge on any atom is -0.504 e. The standard InChI is InChI=1S/C36H26N4O12S2/c41-31-27(53(47,48)49)17-19-7-1-3-13-25(19)29(31)39-33(43)21-9-5-11-23(15-21)37-35(45)36(46)38-24-12-6-10-22(16-24)34(44)40-30-26-14-4-2-8-20(26)18-28(32(30)42)54(50,51)52/h1-18,41-42H,(H,37,45)(H,38,46)(H,39,43)(H,40,44)(H,47,48,49)(H,50,51,52). The molecule has 0 saturated heterocycles. The molecule has 274 valence electrons. The van der Waals surface area contributed by atoms with Crippen LogP contribution in [0.3, 0.4) is 0 Å². The molecule has 6 aromatic carbocycles. The van der Waals surface area contributed by atoms with E-state index in [0.717, 1.165) is 12.1 Å². The van der Waals surface area contributed by atoms with E-state index < -0.39 is 65.2 Å². The fourth-order valence-electron chi connectivity index (χ4n) is 5.49. The molecule has 0 unspecified atom stereocenters. The molecule has 4 amide bonds. The molecule has 6 aromatic rings. The zero-order valence-corrected chi connectivity index (χ0v) is 28.9. The third kappa shape index (κ3) is 7.66. The fourth-order valence-corrected chi connectivity index (χ4v) is 6.74. The molecule has 0 bridgehead atoms. The average molecular weight is 771 g/mol. The summed E-state index contributed by atoms with van der Waals surface area (Å²) in [6.07, 6.45) is 0. The molecule has 18 heteroatoms. The van der Waals surface area contributed by atoms with Crippen molar-refractivity contribution in [3.05, 3.63) is 120 Å². The average Bonchev–Trinajstić information content (AvgIpc) is 3.12. The van der Waals surface area contributed by atoms with Gasteiger partial charge >= 0.3 is 11.8 Å². The summed E-state index contributed by atoms with van der Waals surface area (Å²) >= 11 is 0. The largest absolute Gasteiger partial charge is 0.504 e. The van der Waals surface area contributed by atoms with Crippen LogP contribution in [0.2, 0.25) is 0 Å². The first-order valence-electron chi connectivity index (χ1n) is 15.4. The van der Waals surface area contributed by atoms with Crippen molar-refractivity contribution in [2.24, 2.45) is 0 Å². The number of benzene rings is 6. The van der Waals surface area contributed by atoms with E-state index in [2.05, 4.69) is 21.3 Å². The van der Waals surface area contributed by atoms with E-state index in [9.17, 15) is 55.3 Å². The highest BCUT2D eigenvalue weighted by Gasteiger charge is 2.25. The van der Waals surface area contributed by atoms with Gasteiger partial charge in [0.1, 0.15) is 9.79 Å². The second-order valence-electron chi connectivity index (χ2n) is 11.6. The molecule has 0 aromatic heterocycles. The molecule has 0 radical (unpaired) electrons. The predicted molar refractivity (Wildman–Crippen MR) is 197 cm³/mol. The summed E-state index contributed by atoms with van der Waals surface area (Å²) < 4.78 is 66.7. The number of carbonyl (C=O) groups excluding carboxylic acids is 4. The Morgan fingerprint density at radius 1 is 0.463 bits per heavy atom. The molecule has 0 atom stereocenters. The topological polar surface area (TPSA) is 266 Å². The van der Waals surface area contributed by atoms with Crippen molar-refractivity contribution in [2.45, 2.75) is 9.79 Å². The Hall–Kier alpha value is -6.86. The van der Waals surface area contributed by atoms with E-state index in [1.807, 2.05) is 0 Å². The quantitative estimate of drug-likeness (QED) is 0.0579. The van der Waals surface area contributed by atoms with Gasteiger partial charge in [0.25, 0.3) is 32.1 Å². The lowest BCUT2D eigenvalue weighted by Gasteiger charge is -2.14. The van der Waals surface area contributed by atoms with Crippen LogP contribution in [0.4, 0.5) is 22.7 Å². The molecule has 0 spiro atoms. The Kier molecular flexibility index (Phi) is 9.76. The van der Waals surface area contributed by atoms with Gasteiger partial charge in [0.15, 0.2) is 11.5 Å². The maximum atomic E-state index is 13.2. The van der Waals surface area contributed by atoms with E-state index in [4.69, 9.17) is 0 Å². The van der Waals surface area contributed by atoms with Gasteiger partial charge in [0, 0.05) is 33.3 Å². The molecular weight excluding hydrogens is 745 g/mol. The molecule has 0 fully saturated rings. The highest BCUT2D eigenvalue weighted by Crippen LogP contribution is 2.40. The van der Waals surface area contributed by atoms with E-state index in [0.29, 0.717) is 0 Å². The summed E-state index contributed by atoms with van der Waals surface area (Å²) in [6, 6.07) is 25.0. The number of carbonyl (C=O) groups is 4. The number of rotatable bonds is 8. The summed E-state index contributed by atoms with van der Waals surface area (Å²) in [5, 5.41) is 31.9. The zero-order valence-electron chi connectivity index (χ0n) is 27.3. The van der Waals surface area contributed by atoms with Crippen molar-refractivity contribution in [1.82, 2.24) is 0 Å². The number of hydrogen-bond acceptors (Lipinski definition) is 10. The van der Waals surface area contributed by atoms with Gasteiger partial charge < -0.3 is 31.5 Å². The first kappa shape index (κ1) is 36.9. The van der Waals surface area contributed by atoms with Crippen molar-refractivity contribution >= 4 is 88.2 Å². The van der Waals surface area contributed by atoms with Gasteiger partial charge in [-0.05, 0) is 59.3 Å². The third-order valence-electron chi connectivity index (χ3n) is 7.98. The van der Waals surface area contributed by atoms with Crippen molar-refractivity contribution in [1.29, 1.82) is 0 Å². The lowest BCUT2D eigenvalue weighted by Crippen LogP contribution is -2.29. The van der Waals surface area contributed by atoms with E-state index >= 15 is 0 Å². The highest BCUT2D eigenvalue weighted by molar-refractivity contribution is 7.86. The van der Waals surface area contributed by atoms with Crippen molar-refractivity contribution in [3.63, 3.8) is 0 Å². The van der Waals surface area contributed by atoms with Crippen LogP contribution in [0.1, 0.15) is 20.7 Å². The smallest absolute Gasteiger partial charge is 0.314 e. The molecule has 0 aliphatic heterocycles. The summed E-state index contributed by atoms with van der Waals surface area (Å²) in [4.78, 5) is 50.5. The van der Waals surface area contributed by atoms with Crippen LogP contribution in [0.15, 0.2) is 119 Å². The summed E-state index contributed by atoms with van der Waals surface area (Å²) in [7, 11) is -9.75. The number of nitrogens with one attached hydrogen (secondary N) is 4. The number of fused-ring (bicyclic) bond motifs is 2. The Bertz CT molecular complexity index is 2600. The molecule has 54 heavy (non-hydrogen) atoms. The number of aromatic hydroxyl groups is 2. The van der Waals surface area contributed by atoms with Gasteiger partial charge in [0.05, 0.1) is 11.4 Å². The van der Waals surface area contributed by atoms with Crippen molar-refractivity contribution in [3.8, 4) is 11.5 Å². The third-order valence-corrected chi connectivity index (χ3v) is 9.71. The number of amides is 4. The van der Waals surface area contributed by atoms with Crippen LogP contribution in [0.25, 0.3) is 21.5 Å². The SMILES string of the molecule is O=C(Nc1cccc(C(=O)Nc2c(O)c(S(=O)(=O)O)cc3ccccc23)c1)C(=O)Nc1cccc(C(=O)Nc2c(O)c(S(=O)(=O)O)cc3ccccc23)c1. The molecule has 0 heterocycles. The van der Waals surface area contributed by atoms with Gasteiger partial charge in [-0.15, -0.1) is 0 Å². The van der Waals surface area contributed by atoms with Crippen LogP contribution >= 0.6 is 0 Å².